The van der Waals surface area contributed by atoms with E-state index in [4.69, 9.17) is 25.5 Å². The molecule has 0 aliphatic carbocycles. The van der Waals surface area contributed by atoms with E-state index in [0.717, 1.165) is 6.08 Å². The highest BCUT2D eigenvalue weighted by molar-refractivity contribution is 5.26. The monoisotopic (exact) mass is 453 g/mol. The Labute approximate surface area is 198 Å². The summed E-state index contributed by atoms with van der Waals surface area (Å²) in [5.41, 5.74) is 3.30. The van der Waals surface area contributed by atoms with E-state index in [1.807, 2.05) is 61.5 Å². The van der Waals surface area contributed by atoms with Crippen LogP contribution in [0.1, 0.15) is 30.0 Å². The Hall–Kier alpha value is -3.08. The first-order valence-electron chi connectivity index (χ1n) is 10.8. The Morgan fingerprint density at radius 2 is 0.848 bits per heavy atom. The summed E-state index contributed by atoms with van der Waals surface area (Å²) in [6.07, 6.45) is 1.34. The van der Waals surface area contributed by atoms with Crippen molar-refractivity contribution in [3.05, 3.63) is 108 Å². The zero-order valence-corrected chi connectivity index (χ0v) is 20.2. The predicted molar refractivity (Wildman–Crippen MR) is 136 cm³/mol. The van der Waals surface area contributed by atoms with Crippen LogP contribution < -0.4 is 0 Å². The van der Waals surface area contributed by atoms with E-state index < -0.39 is 5.41 Å². The predicted octanol–water partition coefficient (Wildman–Crippen LogP) is 5.25. The maximum atomic E-state index is 8.66. The molecule has 3 aromatic carbocycles. The summed E-state index contributed by atoms with van der Waals surface area (Å²) in [6, 6.07) is 30.8. The first-order valence-corrected chi connectivity index (χ1v) is 10.8. The average molecular weight is 454 g/mol. The van der Waals surface area contributed by atoms with Gasteiger partial charge in [-0.2, -0.15) is 0 Å². The SMILES string of the molecule is CCC(CO)(CO)CO.Cc1ccccc1.Cc1ccccc1.Cc1ccccc1.N=C=O. The second-order valence-electron chi connectivity index (χ2n) is 7.39. The molecule has 0 aromatic heterocycles. The normalized spacial score (nSPS) is 9.06. The van der Waals surface area contributed by atoms with Gasteiger partial charge in [0.15, 0.2) is 0 Å². The third-order valence-electron chi connectivity index (χ3n) is 4.58. The molecular weight excluding hydrogens is 414 g/mol. The van der Waals surface area contributed by atoms with Gasteiger partial charge in [0.05, 0.1) is 19.8 Å². The van der Waals surface area contributed by atoms with Gasteiger partial charge in [0.2, 0.25) is 6.08 Å². The van der Waals surface area contributed by atoms with Crippen LogP contribution in [0, 0.1) is 31.6 Å². The number of aliphatic hydroxyl groups is 3. The first kappa shape index (κ1) is 32.1. The van der Waals surface area contributed by atoms with Crippen molar-refractivity contribution in [2.45, 2.75) is 34.1 Å². The third kappa shape index (κ3) is 19.3. The molecule has 180 valence electrons. The van der Waals surface area contributed by atoms with E-state index in [9.17, 15) is 0 Å². The Morgan fingerprint density at radius 1 is 0.636 bits per heavy atom. The number of isocyanates is 1. The molecule has 33 heavy (non-hydrogen) atoms. The topological polar surface area (TPSA) is 102 Å². The molecular formula is C28H39NO4. The highest BCUT2D eigenvalue weighted by Crippen LogP contribution is 2.18. The molecule has 0 bridgehead atoms. The lowest BCUT2D eigenvalue weighted by Crippen LogP contribution is -2.32. The van der Waals surface area contributed by atoms with Gasteiger partial charge in [0.25, 0.3) is 0 Å². The Bertz CT molecular complexity index is 708. The second-order valence-corrected chi connectivity index (χ2v) is 7.39. The second kappa shape index (κ2) is 22.1. The summed E-state index contributed by atoms with van der Waals surface area (Å²) in [7, 11) is 0. The summed E-state index contributed by atoms with van der Waals surface area (Å²) in [4.78, 5) is 8.35. The molecule has 5 heteroatoms. The highest BCUT2D eigenvalue weighted by atomic mass is 16.3. The smallest absolute Gasteiger partial charge is 0.231 e. The van der Waals surface area contributed by atoms with Crippen molar-refractivity contribution < 1.29 is 20.1 Å². The third-order valence-corrected chi connectivity index (χ3v) is 4.58. The van der Waals surface area contributed by atoms with Crippen molar-refractivity contribution in [3.8, 4) is 0 Å². The number of hydrogen-bond donors (Lipinski definition) is 4. The first-order chi connectivity index (χ1) is 15.8. The number of nitrogens with one attached hydrogen (secondary N) is 1. The van der Waals surface area contributed by atoms with Gasteiger partial charge in [-0.05, 0) is 27.2 Å². The van der Waals surface area contributed by atoms with Crippen LogP contribution in [-0.4, -0.2) is 41.2 Å². The standard InChI is InChI=1S/3C7H8.C6H14O3.CHNO/c3*1-7-5-3-2-4-6-7;1-2-6(3-7,4-8)5-9;2-1-3/h3*2-6H,1H3;7-9H,2-5H2,1H3;2H. The maximum Gasteiger partial charge on any atom is 0.231 e. The van der Waals surface area contributed by atoms with Crippen LogP contribution in [0.3, 0.4) is 0 Å². The Balaban J connectivity index is 0. The summed E-state index contributed by atoms with van der Waals surface area (Å²) < 4.78 is 0. The van der Waals surface area contributed by atoms with Crippen molar-refractivity contribution >= 4 is 6.08 Å². The van der Waals surface area contributed by atoms with Crippen LogP contribution >= 0.6 is 0 Å². The van der Waals surface area contributed by atoms with E-state index in [0.29, 0.717) is 6.42 Å². The summed E-state index contributed by atoms with van der Waals surface area (Å²) in [6.45, 7) is 7.60. The molecule has 0 radical (unpaired) electrons. The van der Waals surface area contributed by atoms with Crippen molar-refractivity contribution in [2.24, 2.45) is 5.41 Å². The number of aliphatic hydroxyl groups excluding tert-OH is 3. The van der Waals surface area contributed by atoms with Gasteiger partial charge in [0.1, 0.15) is 0 Å². The minimum absolute atomic E-state index is 0.156. The highest BCUT2D eigenvalue weighted by Gasteiger charge is 2.24. The number of hydrogen-bond acceptors (Lipinski definition) is 5. The largest absolute Gasteiger partial charge is 0.396 e. The minimum Gasteiger partial charge on any atom is -0.396 e. The molecule has 0 amide bonds. The molecule has 0 atom stereocenters. The van der Waals surface area contributed by atoms with Crippen molar-refractivity contribution in [1.29, 1.82) is 5.41 Å². The van der Waals surface area contributed by atoms with Crippen molar-refractivity contribution in [2.75, 3.05) is 19.8 Å². The zero-order valence-electron chi connectivity index (χ0n) is 20.2. The van der Waals surface area contributed by atoms with E-state index in [1.54, 1.807) is 0 Å². The van der Waals surface area contributed by atoms with E-state index in [2.05, 4.69) is 57.2 Å². The Kier molecular flexibility index (Phi) is 21.5. The molecule has 0 aliphatic rings. The fraction of sp³-hybridized carbons (Fsp3) is 0.321. The summed E-state index contributed by atoms with van der Waals surface area (Å²) in [5, 5.41) is 31.4. The lowest BCUT2D eigenvalue weighted by Gasteiger charge is -2.24. The van der Waals surface area contributed by atoms with Crippen LogP contribution in [0.4, 0.5) is 0 Å². The van der Waals surface area contributed by atoms with Gasteiger partial charge < -0.3 is 15.3 Å². The van der Waals surface area contributed by atoms with Crippen LogP contribution in [0.25, 0.3) is 0 Å². The molecule has 0 aliphatic heterocycles. The lowest BCUT2D eigenvalue weighted by atomic mass is 9.88. The molecule has 0 fully saturated rings. The van der Waals surface area contributed by atoms with E-state index in [-0.39, 0.29) is 19.8 Å². The van der Waals surface area contributed by atoms with E-state index in [1.165, 1.54) is 16.7 Å². The Morgan fingerprint density at radius 3 is 0.909 bits per heavy atom. The molecule has 0 unspecified atom stereocenters. The van der Waals surface area contributed by atoms with Gasteiger partial charge in [0, 0.05) is 5.41 Å². The van der Waals surface area contributed by atoms with Gasteiger partial charge in [-0.25, -0.2) is 10.2 Å². The van der Waals surface area contributed by atoms with Gasteiger partial charge in [-0.1, -0.05) is 115 Å². The summed E-state index contributed by atoms with van der Waals surface area (Å²) >= 11 is 0. The van der Waals surface area contributed by atoms with Crippen molar-refractivity contribution in [1.82, 2.24) is 0 Å². The number of benzene rings is 3. The molecule has 3 rings (SSSR count). The molecule has 4 N–H and O–H groups in total. The van der Waals surface area contributed by atoms with Gasteiger partial charge in [-0.15, -0.1) is 0 Å². The molecule has 0 heterocycles. The average Bonchev–Trinajstić information content (AvgIpc) is 2.84. The number of rotatable bonds is 4. The molecule has 3 aromatic rings. The van der Waals surface area contributed by atoms with Crippen LogP contribution in [0.2, 0.25) is 0 Å². The molecule has 0 saturated carbocycles. The molecule has 0 saturated heterocycles. The number of aryl methyl sites for hydroxylation is 3. The zero-order chi connectivity index (χ0) is 25.4. The quantitative estimate of drug-likeness (QED) is 0.320. The van der Waals surface area contributed by atoms with Gasteiger partial charge >= 0.3 is 0 Å². The van der Waals surface area contributed by atoms with Crippen LogP contribution in [0.5, 0.6) is 0 Å². The van der Waals surface area contributed by atoms with Crippen LogP contribution in [0.15, 0.2) is 91.0 Å². The minimum atomic E-state index is -0.667. The maximum absolute atomic E-state index is 8.66. The fourth-order valence-corrected chi connectivity index (χ4v) is 2.09. The number of carbonyl (C=O) groups excluding carboxylic acids is 1. The fourth-order valence-electron chi connectivity index (χ4n) is 2.09. The van der Waals surface area contributed by atoms with Crippen LogP contribution in [-0.2, 0) is 4.79 Å². The van der Waals surface area contributed by atoms with Gasteiger partial charge in [-0.3, -0.25) is 0 Å². The van der Waals surface area contributed by atoms with Crippen molar-refractivity contribution in [3.63, 3.8) is 0 Å². The lowest BCUT2D eigenvalue weighted by molar-refractivity contribution is 0.00304. The van der Waals surface area contributed by atoms with E-state index >= 15 is 0 Å². The molecule has 5 nitrogen and oxygen atoms in total. The molecule has 0 spiro atoms. The summed E-state index contributed by atoms with van der Waals surface area (Å²) in [5.74, 6) is 0.